The maximum absolute atomic E-state index is 9.80. The molecule has 0 heterocycles. The average Bonchev–Trinajstić information content (AvgIpc) is 2.41. The normalized spacial score (nSPS) is 9.39. The second-order valence-corrected chi connectivity index (χ2v) is 7.57. The summed E-state index contributed by atoms with van der Waals surface area (Å²) >= 11 is 0. The van der Waals surface area contributed by atoms with E-state index in [4.69, 9.17) is 0 Å². The molecule has 0 saturated carbocycles. The van der Waals surface area contributed by atoms with Crippen molar-refractivity contribution in [1.29, 1.82) is 0 Å². The van der Waals surface area contributed by atoms with E-state index in [0.717, 1.165) is 38.5 Å². The van der Waals surface area contributed by atoms with E-state index in [-0.39, 0.29) is 81.7 Å². The van der Waals surface area contributed by atoms with E-state index in [1.807, 2.05) is 20.8 Å². The summed E-state index contributed by atoms with van der Waals surface area (Å²) in [5.74, 6) is 0. The Kier molecular flexibility index (Phi) is 54.4. The molecule has 0 fully saturated rings. The molecular weight excluding hydrogens is 622 g/mol. The summed E-state index contributed by atoms with van der Waals surface area (Å²) in [5, 5.41) is 0. The predicted octanol–water partition coefficient (Wildman–Crippen LogP) is -0.543. The van der Waals surface area contributed by atoms with Crippen molar-refractivity contribution in [3.05, 3.63) is 0 Å². The molecule has 0 amide bonds. The average molecular weight is 649 g/mol. The summed E-state index contributed by atoms with van der Waals surface area (Å²) in [6.45, 7) is 5.91. The van der Waals surface area contributed by atoms with Gasteiger partial charge in [-0.25, -0.2) is 0 Å². The quantitative estimate of drug-likeness (QED) is 0.308. The molecule has 0 aliphatic rings. The van der Waals surface area contributed by atoms with E-state index >= 15 is 0 Å². The van der Waals surface area contributed by atoms with Gasteiger partial charge in [-0.1, -0.05) is 77.8 Å². The molecule has 0 N–H and O–H groups in total. The van der Waals surface area contributed by atoms with E-state index < -0.39 is 25.1 Å². The first-order chi connectivity index (χ1) is 9.81. The van der Waals surface area contributed by atoms with Gasteiger partial charge in [0.25, 0.3) is 0 Å². The number of unbranched alkanes of at least 4 members (excludes halogenated alkanes) is 3. The van der Waals surface area contributed by atoms with E-state index in [2.05, 4.69) is 0 Å². The van der Waals surface area contributed by atoms with Crippen LogP contribution in [-0.4, -0.2) is 18.5 Å². The minimum atomic E-state index is -2.11. The van der Waals surface area contributed by atoms with Gasteiger partial charge in [0.1, 0.15) is 0 Å². The number of hydrogen-bond donors (Lipinski definition) is 0. The second-order valence-electron chi connectivity index (χ2n) is 4.23. The minimum absolute atomic E-state index is 0. The molecule has 0 aromatic heterocycles. The Morgan fingerprint density at radius 2 is 0.652 bits per heavy atom. The third kappa shape index (κ3) is 58.6. The fourth-order valence-electron chi connectivity index (χ4n) is 0.862. The van der Waals surface area contributed by atoms with Crippen LogP contribution in [0.3, 0.4) is 0 Å². The summed E-state index contributed by atoms with van der Waals surface area (Å²) in [4.78, 5) is 58.8. The zero-order valence-electron chi connectivity index (χ0n) is 14.2. The molecule has 0 unspecified atom stereocenters. The van der Waals surface area contributed by atoms with Gasteiger partial charge in [-0.2, -0.15) is 0 Å². The Labute approximate surface area is 211 Å². The van der Waals surface area contributed by atoms with Crippen molar-refractivity contribution in [3.8, 4) is 0 Å². The maximum Gasteiger partial charge on any atom is 3.00 e. The van der Waals surface area contributed by atoms with Gasteiger partial charge in [0.05, 0.1) is 0 Å². The van der Waals surface area contributed by atoms with Crippen LogP contribution in [0.1, 0.15) is 59.3 Å². The van der Waals surface area contributed by atoms with Crippen LogP contribution in [0.25, 0.3) is 0 Å². The monoisotopic (exact) mass is 644 g/mol. The Hall–Kier alpha value is 3.75. The van der Waals surface area contributed by atoms with Gasteiger partial charge < -0.3 is 54.5 Å². The minimum Gasteiger partial charge on any atom is -0.842 e. The fraction of sp³-hybridized carbons (Fsp3) is 1.00. The first kappa shape index (κ1) is 37.5. The van der Waals surface area contributed by atoms with Gasteiger partial charge in [0.15, 0.2) is 0 Å². The van der Waals surface area contributed by atoms with E-state index in [9.17, 15) is 29.4 Å². The topological polar surface area (TPSA) is 138 Å². The molecule has 0 aromatic rings. The molecule has 134 valence electrons. The fourth-order valence-corrected chi connectivity index (χ4v) is 2.58. The summed E-state index contributed by atoms with van der Waals surface area (Å²) < 4.78 is 0. The Balaban J connectivity index is -0.0000000675. The van der Waals surface area contributed by atoms with Gasteiger partial charge in [0, 0.05) is 0 Å². The van der Waals surface area contributed by atoms with Crippen molar-refractivity contribution in [2.45, 2.75) is 59.3 Å². The molecule has 0 atom stereocenters. The second kappa shape index (κ2) is 33.3. The molecule has 23 heavy (non-hydrogen) atoms. The van der Waals surface area contributed by atoms with Crippen LogP contribution in [-0.2, 0) is 0 Å². The van der Waals surface area contributed by atoms with Crippen LogP contribution in [0.2, 0.25) is 0 Å². The summed E-state index contributed by atoms with van der Waals surface area (Å²) in [5.41, 5.74) is 0. The molecule has 0 bridgehead atoms. The molecule has 6 nitrogen and oxygen atoms in total. The van der Waals surface area contributed by atoms with Crippen molar-refractivity contribution in [3.63, 3.8) is 0 Å². The van der Waals surface area contributed by atoms with Crippen molar-refractivity contribution in [1.82, 2.24) is 0 Å². The largest absolute Gasteiger partial charge is 3.00 e. The third-order valence-electron chi connectivity index (χ3n) is 2.08. The molecule has 0 saturated heterocycles. The van der Waals surface area contributed by atoms with Crippen LogP contribution in [0.5, 0.6) is 0 Å². The Morgan fingerprint density at radius 3 is 0.696 bits per heavy atom. The molecule has 0 aliphatic heterocycles. The third-order valence-corrected chi connectivity index (χ3v) is 4.13. The summed E-state index contributed by atoms with van der Waals surface area (Å²) in [6.07, 6.45) is 6.36. The molecular formula is C12H27Nd2O6P3. The molecule has 0 rings (SSSR count). The van der Waals surface area contributed by atoms with E-state index in [0.29, 0.717) is 18.5 Å². The molecule has 0 aromatic carbocycles. The maximum atomic E-state index is 9.80. The van der Waals surface area contributed by atoms with E-state index in [1.54, 1.807) is 0 Å². The van der Waals surface area contributed by atoms with Gasteiger partial charge in [-0.15, -0.1) is 0 Å². The Morgan fingerprint density at radius 1 is 0.478 bits per heavy atom. The van der Waals surface area contributed by atoms with Crippen LogP contribution in [0, 0.1) is 81.7 Å². The standard InChI is InChI=1S/3C4H9O2P.2Nd/c3*1-2-3-4-7(5)6;;/h3*2-4H2,1H3;;/q3*-2;2*+3. The number of rotatable bonds is 9. The molecule has 0 spiro atoms. The van der Waals surface area contributed by atoms with E-state index in [1.165, 1.54) is 0 Å². The van der Waals surface area contributed by atoms with Gasteiger partial charge in [-0.05, 0) is 0 Å². The van der Waals surface area contributed by atoms with Crippen molar-refractivity contribution in [2.24, 2.45) is 0 Å². The molecule has 11 heteroatoms. The SMILES string of the molecule is CCCCP([O-])[O-].CCCCP([O-])[O-].CCCCP([O-])[O-].[Nd+3].[Nd+3]. The van der Waals surface area contributed by atoms with Crippen molar-refractivity contribution in [2.75, 3.05) is 18.5 Å². The van der Waals surface area contributed by atoms with Gasteiger partial charge in [-0.3, -0.25) is 0 Å². The number of hydrogen-bond acceptors (Lipinski definition) is 6. The summed E-state index contributed by atoms with van der Waals surface area (Å²) in [7, 11) is -6.32. The smallest absolute Gasteiger partial charge is 0.842 e. The van der Waals surface area contributed by atoms with Crippen molar-refractivity contribution < 1.29 is 111 Å². The van der Waals surface area contributed by atoms with Gasteiger partial charge in [0.2, 0.25) is 0 Å². The summed E-state index contributed by atoms with van der Waals surface area (Å²) in [6, 6.07) is 0. The van der Waals surface area contributed by atoms with Gasteiger partial charge >= 0.3 is 81.7 Å². The first-order valence-electron chi connectivity index (χ1n) is 7.17. The zero-order valence-corrected chi connectivity index (χ0v) is 23.3. The first-order valence-corrected chi connectivity index (χ1v) is 11.3. The molecule has 0 aliphatic carbocycles. The van der Waals surface area contributed by atoms with Crippen LogP contribution in [0.15, 0.2) is 0 Å². The predicted molar refractivity (Wildman–Crippen MR) is 80.1 cm³/mol. The van der Waals surface area contributed by atoms with Crippen LogP contribution >= 0.6 is 25.1 Å². The Bertz CT molecular complexity index is 154. The van der Waals surface area contributed by atoms with Crippen LogP contribution < -0.4 is 29.4 Å². The van der Waals surface area contributed by atoms with Crippen LogP contribution in [0.4, 0.5) is 0 Å². The zero-order chi connectivity index (χ0) is 17.1. The molecule has 2 radical (unpaired) electrons. The van der Waals surface area contributed by atoms with Crippen molar-refractivity contribution >= 4 is 25.1 Å².